The lowest BCUT2D eigenvalue weighted by Gasteiger charge is -2.19. The summed E-state index contributed by atoms with van der Waals surface area (Å²) in [5, 5.41) is 6.89. The maximum Gasteiger partial charge on any atom is 0.401 e. The van der Waals surface area contributed by atoms with Crippen LogP contribution in [0.4, 0.5) is 13.2 Å². The molecule has 2 N–H and O–H groups in total. The molecule has 0 amide bonds. The second kappa shape index (κ2) is 11.8. The highest BCUT2D eigenvalue weighted by atomic mass is 127. The first-order valence-electron chi connectivity index (χ1n) is 7.24. The Bertz CT molecular complexity index is 494. The first-order chi connectivity index (χ1) is 10.8. The summed E-state index contributed by atoms with van der Waals surface area (Å²) in [5.41, 5.74) is 1.06. The molecule has 0 aromatic heterocycles. The van der Waals surface area contributed by atoms with Crippen LogP contribution in [0.2, 0.25) is 5.02 Å². The number of benzene rings is 1. The number of hydrogen-bond acceptors (Lipinski definition) is 2. The number of halogens is 5. The number of hydrogen-bond donors (Lipinski definition) is 2. The van der Waals surface area contributed by atoms with E-state index in [9.17, 15) is 13.2 Å². The van der Waals surface area contributed by atoms with Gasteiger partial charge < -0.3 is 10.6 Å². The van der Waals surface area contributed by atoms with Gasteiger partial charge >= 0.3 is 6.18 Å². The average molecular weight is 479 g/mol. The van der Waals surface area contributed by atoms with E-state index in [4.69, 9.17) is 11.6 Å². The molecule has 9 heteroatoms. The van der Waals surface area contributed by atoms with Crippen molar-refractivity contribution in [2.24, 2.45) is 4.99 Å². The summed E-state index contributed by atoms with van der Waals surface area (Å²) >= 11 is 5.82. The van der Waals surface area contributed by atoms with Crippen LogP contribution in [0.25, 0.3) is 0 Å². The highest BCUT2D eigenvalue weighted by molar-refractivity contribution is 14.0. The molecule has 0 unspecified atom stereocenters. The van der Waals surface area contributed by atoms with Gasteiger partial charge in [0.1, 0.15) is 0 Å². The molecule has 1 rings (SSSR count). The molecule has 0 saturated heterocycles. The second-order valence-corrected chi connectivity index (χ2v) is 5.62. The van der Waals surface area contributed by atoms with Gasteiger partial charge in [-0.3, -0.25) is 9.89 Å². The van der Waals surface area contributed by atoms with Crippen molar-refractivity contribution in [3.8, 4) is 0 Å². The van der Waals surface area contributed by atoms with Crippen LogP contribution in [-0.2, 0) is 6.54 Å². The molecular formula is C15H23ClF3IN4. The van der Waals surface area contributed by atoms with E-state index >= 15 is 0 Å². The molecule has 0 radical (unpaired) electrons. The molecule has 1 aromatic rings. The average Bonchev–Trinajstić information content (AvgIpc) is 2.46. The molecule has 138 valence electrons. The molecule has 24 heavy (non-hydrogen) atoms. The van der Waals surface area contributed by atoms with Gasteiger partial charge in [-0.25, -0.2) is 0 Å². The Balaban J connectivity index is 0.00000529. The Morgan fingerprint density at radius 2 is 1.83 bits per heavy atom. The molecule has 0 spiro atoms. The van der Waals surface area contributed by atoms with E-state index in [-0.39, 0.29) is 24.0 Å². The molecule has 0 bridgehead atoms. The summed E-state index contributed by atoms with van der Waals surface area (Å²) in [7, 11) is 3.11. The minimum Gasteiger partial charge on any atom is -0.356 e. The fraction of sp³-hybridized carbons (Fsp3) is 0.533. The van der Waals surface area contributed by atoms with Crippen molar-refractivity contribution in [1.29, 1.82) is 0 Å². The summed E-state index contributed by atoms with van der Waals surface area (Å²) in [6, 6.07) is 7.44. The number of alkyl halides is 3. The molecule has 0 aliphatic rings. The van der Waals surface area contributed by atoms with Gasteiger partial charge in [0.2, 0.25) is 0 Å². The highest BCUT2D eigenvalue weighted by Gasteiger charge is 2.28. The molecular weight excluding hydrogens is 456 g/mol. The topological polar surface area (TPSA) is 39.7 Å². The Kier molecular flexibility index (Phi) is 11.4. The molecule has 0 heterocycles. The van der Waals surface area contributed by atoms with Crippen molar-refractivity contribution in [1.82, 2.24) is 15.5 Å². The quantitative estimate of drug-likeness (QED) is 0.273. The molecule has 1 aromatic carbocycles. The number of nitrogens with one attached hydrogen (secondary N) is 2. The smallest absolute Gasteiger partial charge is 0.356 e. The molecule has 0 atom stereocenters. The third kappa shape index (κ3) is 10.9. The van der Waals surface area contributed by atoms with E-state index in [0.717, 1.165) is 5.56 Å². The van der Waals surface area contributed by atoms with Gasteiger partial charge in [-0.05, 0) is 37.7 Å². The Labute approximate surface area is 162 Å². The summed E-state index contributed by atoms with van der Waals surface area (Å²) in [4.78, 5) is 5.33. The van der Waals surface area contributed by atoms with Crippen molar-refractivity contribution in [2.45, 2.75) is 19.1 Å². The highest BCUT2D eigenvalue weighted by Crippen LogP contribution is 2.15. The van der Waals surface area contributed by atoms with E-state index in [1.54, 1.807) is 7.05 Å². The third-order valence-electron chi connectivity index (χ3n) is 3.06. The summed E-state index contributed by atoms with van der Waals surface area (Å²) in [6.45, 7) is 0.602. The largest absolute Gasteiger partial charge is 0.401 e. The predicted molar refractivity (Wildman–Crippen MR) is 103 cm³/mol. The number of nitrogens with zero attached hydrogens (tertiary/aromatic N) is 2. The van der Waals surface area contributed by atoms with Gasteiger partial charge in [0.05, 0.1) is 6.54 Å². The molecule has 0 saturated carbocycles. The van der Waals surface area contributed by atoms with Crippen LogP contribution in [0.1, 0.15) is 12.0 Å². The Morgan fingerprint density at radius 3 is 2.38 bits per heavy atom. The SMILES string of the molecule is CN=C(NCCCN(C)CC(F)(F)F)NCc1ccc(Cl)cc1.I. The third-order valence-corrected chi connectivity index (χ3v) is 3.31. The van der Waals surface area contributed by atoms with E-state index in [0.29, 0.717) is 37.0 Å². The van der Waals surface area contributed by atoms with Gasteiger partial charge in [0.15, 0.2) is 5.96 Å². The van der Waals surface area contributed by atoms with Gasteiger partial charge in [0, 0.05) is 25.2 Å². The fourth-order valence-electron chi connectivity index (χ4n) is 1.95. The summed E-state index contributed by atoms with van der Waals surface area (Å²) < 4.78 is 36.6. The first kappa shape index (κ1) is 23.3. The summed E-state index contributed by atoms with van der Waals surface area (Å²) in [5.74, 6) is 0.610. The Hall–Kier alpha value is -0.740. The Morgan fingerprint density at radius 1 is 1.21 bits per heavy atom. The lowest BCUT2D eigenvalue weighted by molar-refractivity contribution is -0.143. The van der Waals surface area contributed by atoms with Gasteiger partial charge in [0.25, 0.3) is 0 Å². The van der Waals surface area contributed by atoms with Crippen molar-refractivity contribution < 1.29 is 13.2 Å². The normalized spacial score (nSPS) is 12.0. The van der Waals surface area contributed by atoms with Crippen molar-refractivity contribution >= 4 is 41.5 Å². The van der Waals surface area contributed by atoms with Crippen LogP contribution in [-0.4, -0.2) is 50.8 Å². The fourth-order valence-corrected chi connectivity index (χ4v) is 2.08. The standard InChI is InChI=1S/C15H22ClF3N4.HI/c1-20-14(22-10-12-4-6-13(16)7-5-12)21-8-3-9-23(2)11-15(17,18)19;/h4-7H,3,8-11H2,1-2H3,(H2,20,21,22);1H. The van der Waals surface area contributed by atoms with Crippen LogP contribution >= 0.6 is 35.6 Å². The maximum atomic E-state index is 12.2. The van der Waals surface area contributed by atoms with E-state index in [2.05, 4.69) is 15.6 Å². The van der Waals surface area contributed by atoms with E-state index in [1.165, 1.54) is 11.9 Å². The lowest BCUT2D eigenvalue weighted by atomic mass is 10.2. The zero-order valence-corrected chi connectivity index (χ0v) is 16.7. The number of rotatable bonds is 7. The van der Waals surface area contributed by atoms with Crippen molar-refractivity contribution in [3.63, 3.8) is 0 Å². The first-order valence-corrected chi connectivity index (χ1v) is 7.62. The molecule has 0 aliphatic heterocycles. The van der Waals surface area contributed by atoms with Crippen LogP contribution in [0.3, 0.4) is 0 Å². The minimum absolute atomic E-state index is 0. The zero-order valence-electron chi connectivity index (χ0n) is 13.7. The van der Waals surface area contributed by atoms with E-state index < -0.39 is 12.7 Å². The van der Waals surface area contributed by atoms with Gasteiger partial charge in [-0.2, -0.15) is 13.2 Å². The van der Waals surface area contributed by atoms with Crippen LogP contribution in [0.15, 0.2) is 29.3 Å². The van der Waals surface area contributed by atoms with E-state index in [1.807, 2.05) is 24.3 Å². The van der Waals surface area contributed by atoms with Crippen LogP contribution in [0, 0.1) is 0 Å². The zero-order chi connectivity index (χ0) is 17.3. The van der Waals surface area contributed by atoms with Crippen molar-refractivity contribution in [2.75, 3.05) is 33.7 Å². The number of guanidine groups is 1. The summed E-state index contributed by atoms with van der Waals surface area (Å²) in [6.07, 6.45) is -3.56. The lowest BCUT2D eigenvalue weighted by Crippen LogP contribution is -2.39. The maximum absolute atomic E-state index is 12.2. The van der Waals surface area contributed by atoms with Gasteiger partial charge in [-0.1, -0.05) is 23.7 Å². The number of aliphatic imine (C=N–C) groups is 1. The molecule has 0 aliphatic carbocycles. The molecule has 0 fully saturated rings. The van der Waals surface area contributed by atoms with Crippen molar-refractivity contribution in [3.05, 3.63) is 34.9 Å². The van der Waals surface area contributed by atoms with Crippen LogP contribution < -0.4 is 10.6 Å². The minimum atomic E-state index is -4.15. The predicted octanol–water partition coefficient (Wildman–Crippen LogP) is 3.51. The monoisotopic (exact) mass is 478 g/mol. The molecule has 4 nitrogen and oxygen atoms in total. The van der Waals surface area contributed by atoms with Crippen LogP contribution in [0.5, 0.6) is 0 Å². The van der Waals surface area contributed by atoms with Gasteiger partial charge in [-0.15, -0.1) is 24.0 Å². The second-order valence-electron chi connectivity index (χ2n) is 5.19.